The molecule has 0 radical (unpaired) electrons. The standard InChI is InChI=1S/C12H10Br2N4O2/c13-9-5-16-12(11(14)17-9)18-10(19)6-20-8-3-1-7(15)2-4-8/h1-5H,6,15H2,(H,16,18,19). The minimum atomic E-state index is -0.334. The Kier molecular flexibility index (Phi) is 4.91. The van der Waals surface area contributed by atoms with Gasteiger partial charge in [0, 0.05) is 5.69 Å². The molecule has 6 nitrogen and oxygen atoms in total. The van der Waals surface area contributed by atoms with E-state index in [1.807, 2.05) is 0 Å². The van der Waals surface area contributed by atoms with Crippen LogP contribution in [0.15, 0.2) is 39.7 Å². The van der Waals surface area contributed by atoms with E-state index in [9.17, 15) is 4.79 Å². The van der Waals surface area contributed by atoms with Gasteiger partial charge in [-0.05, 0) is 56.1 Å². The van der Waals surface area contributed by atoms with E-state index in [-0.39, 0.29) is 12.5 Å². The number of benzene rings is 1. The van der Waals surface area contributed by atoms with Crippen molar-refractivity contribution in [2.24, 2.45) is 0 Å². The number of nitrogen functional groups attached to an aromatic ring is 1. The Morgan fingerprint density at radius 3 is 2.65 bits per heavy atom. The maximum atomic E-state index is 11.7. The molecule has 3 N–H and O–H groups in total. The van der Waals surface area contributed by atoms with E-state index in [2.05, 4.69) is 47.1 Å². The lowest BCUT2D eigenvalue weighted by molar-refractivity contribution is -0.118. The summed E-state index contributed by atoms with van der Waals surface area (Å²) in [6.45, 7) is -0.131. The first-order valence-electron chi connectivity index (χ1n) is 5.51. The summed E-state index contributed by atoms with van der Waals surface area (Å²) >= 11 is 6.38. The van der Waals surface area contributed by atoms with Crippen molar-refractivity contribution in [1.29, 1.82) is 0 Å². The van der Waals surface area contributed by atoms with Crippen molar-refractivity contribution in [2.45, 2.75) is 0 Å². The molecular weight excluding hydrogens is 392 g/mol. The second kappa shape index (κ2) is 6.67. The van der Waals surface area contributed by atoms with Crippen LogP contribution in [0.3, 0.4) is 0 Å². The van der Waals surface area contributed by atoms with Crippen molar-refractivity contribution < 1.29 is 9.53 Å². The Bertz CT molecular complexity index is 619. The fourth-order valence-electron chi connectivity index (χ4n) is 1.31. The molecule has 1 aromatic heterocycles. The Hall–Kier alpha value is -1.67. The molecule has 1 aromatic carbocycles. The van der Waals surface area contributed by atoms with Crippen LogP contribution in [-0.4, -0.2) is 22.5 Å². The van der Waals surface area contributed by atoms with E-state index in [1.54, 1.807) is 24.3 Å². The highest BCUT2D eigenvalue weighted by atomic mass is 79.9. The van der Waals surface area contributed by atoms with Crippen molar-refractivity contribution in [3.63, 3.8) is 0 Å². The van der Waals surface area contributed by atoms with Gasteiger partial charge in [0.25, 0.3) is 5.91 Å². The number of amides is 1. The van der Waals surface area contributed by atoms with Gasteiger partial charge in [0.15, 0.2) is 12.4 Å². The van der Waals surface area contributed by atoms with Gasteiger partial charge in [-0.1, -0.05) is 0 Å². The van der Waals surface area contributed by atoms with Gasteiger partial charge >= 0.3 is 0 Å². The molecule has 104 valence electrons. The van der Waals surface area contributed by atoms with Gasteiger partial charge < -0.3 is 15.8 Å². The summed E-state index contributed by atoms with van der Waals surface area (Å²) in [7, 11) is 0. The molecule has 1 heterocycles. The summed E-state index contributed by atoms with van der Waals surface area (Å²) in [5.74, 6) is 0.563. The molecule has 0 saturated carbocycles. The van der Waals surface area contributed by atoms with E-state index in [0.29, 0.717) is 26.5 Å². The van der Waals surface area contributed by atoms with Crippen LogP contribution in [0, 0.1) is 0 Å². The van der Waals surface area contributed by atoms with Crippen molar-refractivity contribution in [3.05, 3.63) is 39.7 Å². The Morgan fingerprint density at radius 1 is 1.30 bits per heavy atom. The fraction of sp³-hybridized carbons (Fsp3) is 0.0833. The van der Waals surface area contributed by atoms with E-state index in [1.165, 1.54) is 6.20 Å². The molecule has 8 heteroatoms. The first-order chi connectivity index (χ1) is 9.54. The zero-order valence-electron chi connectivity index (χ0n) is 10.1. The quantitative estimate of drug-likeness (QED) is 0.768. The van der Waals surface area contributed by atoms with Gasteiger partial charge in [0.2, 0.25) is 0 Å². The third kappa shape index (κ3) is 4.17. The number of hydrogen-bond acceptors (Lipinski definition) is 5. The molecule has 0 fully saturated rings. The largest absolute Gasteiger partial charge is 0.484 e. The number of ether oxygens (including phenoxy) is 1. The molecule has 0 aliphatic rings. The fourth-order valence-corrected chi connectivity index (χ4v) is 2.22. The van der Waals surface area contributed by atoms with Gasteiger partial charge in [0.05, 0.1) is 6.20 Å². The zero-order valence-corrected chi connectivity index (χ0v) is 13.3. The number of carbonyl (C=O) groups excluding carboxylic acids is 1. The van der Waals surface area contributed by atoms with Gasteiger partial charge in [-0.25, -0.2) is 9.97 Å². The number of halogens is 2. The van der Waals surface area contributed by atoms with Crippen molar-refractivity contribution in [2.75, 3.05) is 17.7 Å². The minimum absolute atomic E-state index is 0.131. The van der Waals surface area contributed by atoms with Crippen LogP contribution in [-0.2, 0) is 4.79 Å². The predicted molar refractivity (Wildman–Crippen MR) is 82.4 cm³/mol. The highest BCUT2D eigenvalue weighted by Gasteiger charge is 2.09. The normalized spacial score (nSPS) is 10.1. The number of hydrogen-bond donors (Lipinski definition) is 2. The maximum absolute atomic E-state index is 11.7. The molecule has 0 saturated heterocycles. The molecule has 2 aromatic rings. The molecule has 1 amide bonds. The first-order valence-corrected chi connectivity index (χ1v) is 7.09. The lowest BCUT2D eigenvalue weighted by Gasteiger charge is -2.08. The molecule has 0 atom stereocenters. The predicted octanol–water partition coefficient (Wildman–Crippen LogP) is 2.60. The highest BCUT2D eigenvalue weighted by Crippen LogP contribution is 2.19. The SMILES string of the molecule is Nc1ccc(OCC(=O)Nc2ncc(Br)nc2Br)cc1. The second-order valence-corrected chi connectivity index (χ2v) is 5.30. The number of nitrogens with two attached hydrogens (primary N) is 1. The van der Waals surface area contributed by atoms with E-state index in [4.69, 9.17) is 10.5 Å². The second-order valence-electron chi connectivity index (χ2n) is 3.74. The van der Waals surface area contributed by atoms with Gasteiger partial charge in [-0.2, -0.15) is 0 Å². The molecule has 2 rings (SSSR count). The Labute approximate surface area is 132 Å². The summed E-state index contributed by atoms with van der Waals surface area (Å²) < 4.78 is 6.33. The van der Waals surface area contributed by atoms with Crippen LogP contribution in [0.2, 0.25) is 0 Å². The van der Waals surface area contributed by atoms with Crippen LogP contribution >= 0.6 is 31.9 Å². The lowest BCUT2D eigenvalue weighted by atomic mass is 10.3. The number of rotatable bonds is 4. The van der Waals surface area contributed by atoms with E-state index >= 15 is 0 Å². The van der Waals surface area contributed by atoms with Crippen LogP contribution in [0.4, 0.5) is 11.5 Å². The van der Waals surface area contributed by atoms with Crippen molar-refractivity contribution in [1.82, 2.24) is 9.97 Å². The molecule has 0 bridgehead atoms. The average molecular weight is 402 g/mol. The number of nitrogens with zero attached hydrogens (tertiary/aromatic N) is 2. The topological polar surface area (TPSA) is 90.1 Å². The summed E-state index contributed by atoms with van der Waals surface area (Å²) in [6.07, 6.45) is 1.49. The zero-order chi connectivity index (χ0) is 14.5. The van der Waals surface area contributed by atoms with Crippen LogP contribution in [0.25, 0.3) is 0 Å². The van der Waals surface area contributed by atoms with Crippen LogP contribution in [0.1, 0.15) is 0 Å². The molecule has 0 spiro atoms. The number of nitrogens with one attached hydrogen (secondary N) is 1. The highest BCUT2D eigenvalue weighted by molar-refractivity contribution is 9.11. The molecule has 0 unspecified atom stereocenters. The smallest absolute Gasteiger partial charge is 0.263 e. The average Bonchev–Trinajstić information content (AvgIpc) is 2.41. The third-order valence-corrected chi connectivity index (χ3v) is 3.14. The summed E-state index contributed by atoms with van der Waals surface area (Å²) in [4.78, 5) is 19.8. The van der Waals surface area contributed by atoms with E-state index < -0.39 is 0 Å². The molecular formula is C12H10Br2N4O2. The van der Waals surface area contributed by atoms with Crippen LogP contribution in [0.5, 0.6) is 5.75 Å². The lowest BCUT2D eigenvalue weighted by Crippen LogP contribution is -2.21. The number of carbonyl (C=O) groups is 1. The minimum Gasteiger partial charge on any atom is -0.484 e. The third-order valence-electron chi connectivity index (χ3n) is 2.21. The van der Waals surface area contributed by atoms with Crippen molar-refractivity contribution >= 4 is 49.3 Å². The molecule has 20 heavy (non-hydrogen) atoms. The summed E-state index contributed by atoms with van der Waals surface area (Å²) in [5, 5.41) is 2.59. The first kappa shape index (κ1) is 14.7. The number of anilines is 2. The summed E-state index contributed by atoms with van der Waals surface area (Å²) in [6, 6.07) is 6.78. The molecule has 0 aliphatic heterocycles. The van der Waals surface area contributed by atoms with Crippen molar-refractivity contribution in [3.8, 4) is 5.75 Å². The number of aromatic nitrogens is 2. The summed E-state index contributed by atoms with van der Waals surface area (Å²) in [5.41, 5.74) is 6.19. The maximum Gasteiger partial charge on any atom is 0.263 e. The van der Waals surface area contributed by atoms with Gasteiger partial charge in [0.1, 0.15) is 15.0 Å². The van der Waals surface area contributed by atoms with Gasteiger partial charge in [-0.15, -0.1) is 0 Å². The monoisotopic (exact) mass is 400 g/mol. The Balaban J connectivity index is 1.90. The van der Waals surface area contributed by atoms with E-state index in [0.717, 1.165) is 0 Å². The van der Waals surface area contributed by atoms with Crippen LogP contribution < -0.4 is 15.8 Å². The molecule has 0 aliphatic carbocycles. The Morgan fingerprint density at radius 2 is 2.00 bits per heavy atom. The van der Waals surface area contributed by atoms with Gasteiger partial charge in [-0.3, -0.25) is 4.79 Å².